The summed E-state index contributed by atoms with van der Waals surface area (Å²) in [6.45, 7) is 4.16. The summed E-state index contributed by atoms with van der Waals surface area (Å²) in [4.78, 5) is 31.7. The van der Waals surface area contributed by atoms with Crippen LogP contribution in [0.3, 0.4) is 0 Å². The number of aromatic nitrogens is 1. The van der Waals surface area contributed by atoms with E-state index in [1.807, 2.05) is 18.2 Å². The summed E-state index contributed by atoms with van der Waals surface area (Å²) < 4.78 is 4.74. The molecule has 0 atom stereocenters. The number of methoxy groups -OCH3 is 1. The number of rotatable bonds is 4. The van der Waals surface area contributed by atoms with E-state index in [1.165, 1.54) is 37.7 Å². The van der Waals surface area contributed by atoms with Gasteiger partial charge in [-0.1, -0.05) is 0 Å². The number of hydrogen-bond acceptors (Lipinski definition) is 6. The van der Waals surface area contributed by atoms with Crippen LogP contribution < -0.4 is 15.5 Å². The van der Waals surface area contributed by atoms with Crippen LogP contribution in [0.15, 0.2) is 35.7 Å². The Hall–Kier alpha value is -3.13. The first-order valence-corrected chi connectivity index (χ1v) is 10.8. The fraction of sp³-hybridized carbons (Fsp3) is 0.318. The Morgan fingerprint density at radius 1 is 1.10 bits per heavy atom. The van der Waals surface area contributed by atoms with E-state index in [9.17, 15) is 9.59 Å². The number of anilines is 3. The average molecular weight is 425 g/mol. The lowest BCUT2D eigenvalue weighted by molar-refractivity contribution is 0.0607. The van der Waals surface area contributed by atoms with Gasteiger partial charge in [0.15, 0.2) is 0 Å². The van der Waals surface area contributed by atoms with Crippen molar-refractivity contribution in [1.82, 2.24) is 4.98 Å². The predicted octanol–water partition coefficient (Wildman–Crippen LogP) is 5.03. The second kappa shape index (κ2) is 8.71. The van der Waals surface area contributed by atoms with Crippen molar-refractivity contribution in [3.8, 4) is 0 Å². The van der Waals surface area contributed by atoms with Crippen LogP contribution in [0.25, 0.3) is 10.9 Å². The molecule has 7 nitrogen and oxygen atoms in total. The number of carbonyl (C=O) groups is 2. The summed E-state index contributed by atoms with van der Waals surface area (Å²) in [6, 6.07) is 9.05. The SMILES string of the molecule is COC(=O)c1sccc1NC(=O)Nc1ccc2nc(N3CCCCC3)cc(C)c2c1. The standard InChI is InChI=1S/C22H24N4O3S/c1-14-12-19(26-9-4-3-5-10-26)24-17-7-6-15(13-16(14)17)23-22(28)25-18-8-11-30-20(18)21(27)29-2/h6-8,11-13H,3-5,9-10H2,1-2H3,(H2,23,25,28). The zero-order valence-electron chi connectivity index (χ0n) is 17.0. The minimum Gasteiger partial charge on any atom is -0.465 e. The molecule has 0 spiro atoms. The molecule has 2 amide bonds. The van der Waals surface area contributed by atoms with Gasteiger partial charge in [-0.05, 0) is 67.5 Å². The monoisotopic (exact) mass is 424 g/mol. The number of piperidine rings is 1. The molecule has 4 rings (SSSR count). The molecule has 0 radical (unpaired) electrons. The van der Waals surface area contributed by atoms with Crippen molar-refractivity contribution in [2.45, 2.75) is 26.2 Å². The molecule has 156 valence electrons. The number of esters is 1. The quantitative estimate of drug-likeness (QED) is 0.574. The third-order valence-electron chi connectivity index (χ3n) is 5.22. The van der Waals surface area contributed by atoms with E-state index in [1.54, 1.807) is 11.4 Å². The molecular weight excluding hydrogens is 400 g/mol. The van der Waals surface area contributed by atoms with E-state index in [2.05, 4.69) is 28.5 Å². The number of ether oxygens (including phenoxy) is 1. The van der Waals surface area contributed by atoms with Crippen LogP contribution in [0.4, 0.5) is 22.0 Å². The van der Waals surface area contributed by atoms with Crippen LogP contribution >= 0.6 is 11.3 Å². The van der Waals surface area contributed by atoms with Crippen molar-refractivity contribution in [2.24, 2.45) is 0 Å². The molecular formula is C22H24N4O3S. The molecule has 0 saturated carbocycles. The van der Waals surface area contributed by atoms with Gasteiger partial charge in [0.25, 0.3) is 0 Å². The third-order valence-corrected chi connectivity index (χ3v) is 6.12. The van der Waals surface area contributed by atoms with Crippen molar-refractivity contribution in [3.63, 3.8) is 0 Å². The van der Waals surface area contributed by atoms with Crippen LogP contribution in [-0.2, 0) is 4.74 Å². The lowest BCUT2D eigenvalue weighted by Gasteiger charge is -2.28. The first kappa shape index (κ1) is 20.2. The van der Waals surface area contributed by atoms with Crippen molar-refractivity contribution in [2.75, 3.05) is 35.7 Å². The molecule has 1 fully saturated rings. The number of carbonyl (C=O) groups excluding carboxylic acids is 2. The lowest BCUT2D eigenvalue weighted by Crippen LogP contribution is -2.30. The first-order chi connectivity index (χ1) is 14.5. The maximum atomic E-state index is 12.4. The molecule has 3 aromatic rings. The summed E-state index contributed by atoms with van der Waals surface area (Å²) in [5.74, 6) is 0.545. The minimum atomic E-state index is -0.475. The number of thiophene rings is 1. The van der Waals surface area contributed by atoms with Gasteiger partial charge in [0, 0.05) is 24.2 Å². The number of amides is 2. The molecule has 8 heteroatoms. The molecule has 3 heterocycles. The summed E-state index contributed by atoms with van der Waals surface area (Å²) in [5, 5.41) is 8.26. The molecule has 1 aliphatic rings. The Morgan fingerprint density at radius 2 is 1.90 bits per heavy atom. The zero-order valence-corrected chi connectivity index (χ0v) is 17.8. The molecule has 1 aromatic carbocycles. The van der Waals surface area contributed by atoms with Crippen molar-refractivity contribution in [3.05, 3.63) is 46.2 Å². The maximum absolute atomic E-state index is 12.4. The van der Waals surface area contributed by atoms with Gasteiger partial charge in [-0.3, -0.25) is 0 Å². The fourth-order valence-electron chi connectivity index (χ4n) is 3.68. The van der Waals surface area contributed by atoms with Gasteiger partial charge in [-0.2, -0.15) is 0 Å². The molecule has 0 aliphatic carbocycles. The summed E-state index contributed by atoms with van der Waals surface area (Å²) in [7, 11) is 1.31. The predicted molar refractivity (Wildman–Crippen MR) is 121 cm³/mol. The number of urea groups is 1. The number of nitrogens with zero attached hydrogens (tertiary/aromatic N) is 2. The highest BCUT2D eigenvalue weighted by atomic mass is 32.1. The fourth-order valence-corrected chi connectivity index (χ4v) is 4.45. The normalized spacial score (nSPS) is 13.9. The molecule has 30 heavy (non-hydrogen) atoms. The number of hydrogen-bond donors (Lipinski definition) is 2. The van der Waals surface area contributed by atoms with Crippen molar-refractivity contribution < 1.29 is 14.3 Å². The van der Waals surface area contributed by atoms with E-state index < -0.39 is 12.0 Å². The van der Waals surface area contributed by atoms with E-state index >= 15 is 0 Å². The maximum Gasteiger partial charge on any atom is 0.350 e. The molecule has 1 aliphatic heterocycles. The largest absolute Gasteiger partial charge is 0.465 e. The van der Waals surface area contributed by atoms with Crippen LogP contribution in [0.2, 0.25) is 0 Å². The van der Waals surface area contributed by atoms with Crippen LogP contribution in [0.5, 0.6) is 0 Å². The van der Waals surface area contributed by atoms with E-state index in [-0.39, 0.29) is 0 Å². The van der Waals surface area contributed by atoms with Gasteiger partial charge >= 0.3 is 12.0 Å². The van der Waals surface area contributed by atoms with E-state index in [0.717, 1.165) is 35.4 Å². The number of benzene rings is 1. The Labute approximate surface area is 179 Å². The minimum absolute atomic E-state index is 0.358. The summed E-state index contributed by atoms with van der Waals surface area (Å²) in [5.41, 5.74) is 3.11. The van der Waals surface area contributed by atoms with Crippen molar-refractivity contribution in [1.29, 1.82) is 0 Å². The van der Waals surface area contributed by atoms with Gasteiger partial charge < -0.3 is 20.3 Å². The zero-order chi connectivity index (χ0) is 21.1. The summed E-state index contributed by atoms with van der Waals surface area (Å²) in [6.07, 6.45) is 3.70. The van der Waals surface area contributed by atoms with Crippen LogP contribution in [0.1, 0.15) is 34.5 Å². The molecule has 1 saturated heterocycles. The van der Waals surface area contributed by atoms with Crippen molar-refractivity contribution >= 4 is 51.4 Å². The average Bonchev–Trinajstić information content (AvgIpc) is 3.22. The topological polar surface area (TPSA) is 83.6 Å². The smallest absolute Gasteiger partial charge is 0.350 e. The second-order valence-electron chi connectivity index (χ2n) is 7.31. The highest BCUT2D eigenvalue weighted by Crippen LogP contribution is 2.27. The lowest BCUT2D eigenvalue weighted by atomic mass is 10.1. The molecule has 2 N–H and O–H groups in total. The van der Waals surface area contributed by atoms with Gasteiger partial charge in [-0.25, -0.2) is 14.6 Å². The number of nitrogens with one attached hydrogen (secondary N) is 2. The van der Waals surface area contributed by atoms with Gasteiger partial charge in [-0.15, -0.1) is 11.3 Å². The highest BCUT2D eigenvalue weighted by Gasteiger charge is 2.16. The van der Waals surface area contributed by atoms with Crippen LogP contribution in [-0.4, -0.2) is 37.2 Å². The Kier molecular flexibility index (Phi) is 5.85. The van der Waals surface area contributed by atoms with Gasteiger partial charge in [0.05, 0.1) is 18.3 Å². The number of aryl methyl sites for hydroxylation is 1. The third kappa shape index (κ3) is 4.23. The van der Waals surface area contributed by atoms with E-state index in [4.69, 9.17) is 9.72 Å². The second-order valence-corrected chi connectivity index (χ2v) is 8.23. The number of pyridine rings is 1. The molecule has 0 unspecified atom stereocenters. The first-order valence-electron chi connectivity index (χ1n) is 9.95. The van der Waals surface area contributed by atoms with Gasteiger partial charge in [0.2, 0.25) is 0 Å². The Bertz CT molecular complexity index is 1090. The molecule has 2 aromatic heterocycles. The summed E-state index contributed by atoms with van der Waals surface area (Å²) >= 11 is 1.22. The Morgan fingerprint density at radius 3 is 2.67 bits per heavy atom. The Balaban J connectivity index is 1.51. The van der Waals surface area contributed by atoms with E-state index in [0.29, 0.717) is 16.3 Å². The van der Waals surface area contributed by atoms with Crippen LogP contribution in [0, 0.1) is 6.92 Å². The molecule has 0 bridgehead atoms. The van der Waals surface area contributed by atoms with Gasteiger partial charge in [0.1, 0.15) is 10.7 Å². The number of fused-ring (bicyclic) bond motifs is 1. The highest BCUT2D eigenvalue weighted by molar-refractivity contribution is 7.12.